The maximum atomic E-state index is 13.1. The van der Waals surface area contributed by atoms with Crippen molar-refractivity contribution < 1.29 is 9.13 Å². The summed E-state index contributed by atoms with van der Waals surface area (Å²) in [4.78, 5) is 4.19. The standard InChI is InChI=1S/C12H14FN3O/c13-8-3-4-11-10(6-8)15-12(14)16(11)9-2-1-5-17-7-9/h3-4,6,9H,1-2,5,7H2,(H2,14,15). The molecule has 2 heterocycles. The van der Waals surface area contributed by atoms with Crippen LogP contribution in [-0.2, 0) is 4.74 Å². The lowest BCUT2D eigenvalue weighted by atomic mass is 10.1. The summed E-state index contributed by atoms with van der Waals surface area (Å²) in [7, 11) is 0. The molecule has 1 aromatic heterocycles. The highest BCUT2D eigenvalue weighted by molar-refractivity contribution is 5.78. The van der Waals surface area contributed by atoms with Crippen LogP contribution in [0, 0.1) is 5.82 Å². The van der Waals surface area contributed by atoms with Gasteiger partial charge in [0.1, 0.15) is 5.82 Å². The van der Waals surface area contributed by atoms with Crippen molar-refractivity contribution >= 4 is 17.0 Å². The second-order valence-electron chi connectivity index (χ2n) is 4.34. The zero-order chi connectivity index (χ0) is 11.8. The Bertz CT molecular complexity index is 546. The number of ether oxygens (including phenoxy) is 1. The number of nitrogens with zero attached hydrogens (tertiary/aromatic N) is 2. The maximum Gasteiger partial charge on any atom is 0.201 e. The second kappa shape index (κ2) is 4.00. The van der Waals surface area contributed by atoms with Crippen LogP contribution in [0.5, 0.6) is 0 Å². The fourth-order valence-corrected chi connectivity index (χ4v) is 2.40. The van der Waals surface area contributed by atoms with Crippen molar-refractivity contribution in [2.45, 2.75) is 18.9 Å². The summed E-state index contributed by atoms with van der Waals surface area (Å²) in [5.74, 6) is 0.142. The van der Waals surface area contributed by atoms with Crippen LogP contribution in [0.3, 0.4) is 0 Å². The first-order valence-corrected chi connectivity index (χ1v) is 5.76. The van der Waals surface area contributed by atoms with Crippen LogP contribution < -0.4 is 5.73 Å². The van der Waals surface area contributed by atoms with Crippen LogP contribution in [0.2, 0.25) is 0 Å². The summed E-state index contributed by atoms with van der Waals surface area (Å²) in [6.45, 7) is 1.45. The highest BCUT2D eigenvalue weighted by atomic mass is 19.1. The van der Waals surface area contributed by atoms with E-state index in [4.69, 9.17) is 10.5 Å². The van der Waals surface area contributed by atoms with Crippen LogP contribution >= 0.6 is 0 Å². The van der Waals surface area contributed by atoms with Crippen molar-refractivity contribution in [2.75, 3.05) is 18.9 Å². The van der Waals surface area contributed by atoms with Gasteiger partial charge >= 0.3 is 0 Å². The van der Waals surface area contributed by atoms with Gasteiger partial charge in [0, 0.05) is 12.7 Å². The number of anilines is 1. The molecule has 17 heavy (non-hydrogen) atoms. The zero-order valence-electron chi connectivity index (χ0n) is 9.40. The molecule has 2 aromatic rings. The average molecular weight is 235 g/mol. The van der Waals surface area contributed by atoms with Crippen LogP contribution in [0.1, 0.15) is 18.9 Å². The SMILES string of the molecule is Nc1nc2cc(F)ccc2n1C1CCCOC1. The quantitative estimate of drug-likeness (QED) is 0.823. The number of benzene rings is 1. The minimum Gasteiger partial charge on any atom is -0.379 e. The van der Waals surface area contributed by atoms with Crippen LogP contribution in [-0.4, -0.2) is 22.8 Å². The van der Waals surface area contributed by atoms with E-state index in [1.807, 2.05) is 4.57 Å². The van der Waals surface area contributed by atoms with E-state index < -0.39 is 0 Å². The summed E-state index contributed by atoms with van der Waals surface area (Å²) >= 11 is 0. The summed E-state index contributed by atoms with van der Waals surface area (Å²) < 4.78 is 20.5. The van der Waals surface area contributed by atoms with Gasteiger partial charge in [0.2, 0.25) is 5.95 Å². The van der Waals surface area contributed by atoms with E-state index in [0.717, 1.165) is 25.0 Å². The smallest absolute Gasteiger partial charge is 0.201 e. The third kappa shape index (κ3) is 1.76. The van der Waals surface area contributed by atoms with Gasteiger partial charge in [-0.15, -0.1) is 0 Å². The van der Waals surface area contributed by atoms with Gasteiger partial charge in [-0.3, -0.25) is 0 Å². The molecule has 1 fully saturated rings. The van der Waals surface area contributed by atoms with Crippen LogP contribution in [0.4, 0.5) is 10.3 Å². The molecule has 4 nitrogen and oxygen atoms in total. The first kappa shape index (κ1) is 10.5. The fourth-order valence-electron chi connectivity index (χ4n) is 2.40. The van der Waals surface area contributed by atoms with Gasteiger partial charge in [0.05, 0.1) is 23.7 Å². The minimum absolute atomic E-state index is 0.208. The van der Waals surface area contributed by atoms with Gasteiger partial charge in [0.25, 0.3) is 0 Å². The van der Waals surface area contributed by atoms with Crippen molar-refractivity contribution in [1.82, 2.24) is 9.55 Å². The van der Waals surface area contributed by atoms with Crippen molar-refractivity contribution in [3.8, 4) is 0 Å². The molecular weight excluding hydrogens is 221 g/mol. The molecule has 2 N–H and O–H groups in total. The highest BCUT2D eigenvalue weighted by Crippen LogP contribution is 2.28. The molecule has 0 saturated carbocycles. The van der Waals surface area contributed by atoms with E-state index in [1.54, 1.807) is 6.07 Å². The van der Waals surface area contributed by atoms with Gasteiger partial charge in [-0.2, -0.15) is 0 Å². The van der Waals surface area contributed by atoms with Crippen LogP contribution in [0.25, 0.3) is 11.0 Å². The molecular formula is C12H14FN3O. The Balaban J connectivity index is 2.11. The van der Waals surface area contributed by atoms with E-state index in [0.29, 0.717) is 18.1 Å². The number of fused-ring (bicyclic) bond motifs is 1. The number of hydrogen-bond donors (Lipinski definition) is 1. The first-order chi connectivity index (χ1) is 8.25. The number of nitrogen functional groups attached to an aromatic ring is 1. The summed E-state index contributed by atoms with van der Waals surface area (Å²) in [5, 5.41) is 0. The van der Waals surface area contributed by atoms with E-state index in [-0.39, 0.29) is 11.9 Å². The molecule has 90 valence electrons. The predicted octanol–water partition coefficient (Wildman–Crippen LogP) is 2.11. The van der Waals surface area contributed by atoms with Gasteiger partial charge < -0.3 is 15.0 Å². The van der Waals surface area contributed by atoms with Gasteiger partial charge in [-0.25, -0.2) is 9.37 Å². The monoisotopic (exact) mass is 235 g/mol. The molecule has 1 unspecified atom stereocenters. The van der Waals surface area contributed by atoms with E-state index in [2.05, 4.69) is 4.98 Å². The van der Waals surface area contributed by atoms with E-state index in [1.165, 1.54) is 12.1 Å². The van der Waals surface area contributed by atoms with Crippen molar-refractivity contribution in [1.29, 1.82) is 0 Å². The second-order valence-corrected chi connectivity index (χ2v) is 4.34. The number of aromatic nitrogens is 2. The normalized spacial score (nSPS) is 20.9. The molecule has 1 aliphatic heterocycles. The Hall–Kier alpha value is -1.62. The number of rotatable bonds is 1. The third-order valence-corrected chi connectivity index (χ3v) is 3.18. The molecule has 0 spiro atoms. The number of halogens is 1. The third-order valence-electron chi connectivity index (χ3n) is 3.18. The summed E-state index contributed by atoms with van der Waals surface area (Å²) in [6, 6.07) is 4.78. The first-order valence-electron chi connectivity index (χ1n) is 5.76. The molecule has 1 saturated heterocycles. The largest absolute Gasteiger partial charge is 0.379 e. The van der Waals surface area contributed by atoms with Crippen molar-refractivity contribution in [3.63, 3.8) is 0 Å². The summed E-state index contributed by atoms with van der Waals surface area (Å²) in [6.07, 6.45) is 2.04. The van der Waals surface area contributed by atoms with Crippen LogP contribution in [0.15, 0.2) is 18.2 Å². The predicted molar refractivity (Wildman–Crippen MR) is 63.2 cm³/mol. The molecule has 1 atom stereocenters. The van der Waals surface area contributed by atoms with Crippen molar-refractivity contribution in [2.24, 2.45) is 0 Å². The van der Waals surface area contributed by atoms with Crippen molar-refractivity contribution in [3.05, 3.63) is 24.0 Å². The Labute approximate surface area is 98.2 Å². The molecule has 3 rings (SSSR count). The fraction of sp³-hybridized carbons (Fsp3) is 0.417. The van der Waals surface area contributed by atoms with E-state index >= 15 is 0 Å². The number of nitrogens with two attached hydrogens (primary N) is 1. The average Bonchev–Trinajstić information content (AvgIpc) is 2.65. The Morgan fingerprint density at radius 1 is 1.47 bits per heavy atom. The zero-order valence-corrected chi connectivity index (χ0v) is 9.40. The molecule has 0 amide bonds. The number of hydrogen-bond acceptors (Lipinski definition) is 3. The summed E-state index contributed by atoms with van der Waals surface area (Å²) in [5.41, 5.74) is 7.39. The molecule has 5 heteroatoms. The van der Waals surface area contributed by atoms with Gasteiger partial charge in [-0.1, -0.05) is 0 Å². The lowest BCUT2D eigenvalue weighted by molar-refractivity contribution is 0.0611. The molecule has 1 aliphatic rings. The maximum absolute atomic E-state index is 13.1. The molecule has 0 aliphatic carbocycles. The highest BCUT2D eigenvalue weighted by Gasteiger charge is 2.20. The Kier molecular flexibility index (Phi) is 2.48. The Morgan fingerprint density at radius 3 is 3.12 bits per heavy atom. The van der Waals surface area contributed by atoms with Gasteiger partial charge in [0.15, 0.2) is 0 Å². The van der Waals surface area contributed by atoms with Gasteiger partial charge in [-0.05, 0) is 25.0 Å². The molecule has 1 aromatic carbocycles. The molecule has 0 radical (unpaired) electrons. The topological polar surface area (TPSA) is 53.1 Å². The Morgan fingerprint density at radius 2 is 2.35 bits per heavy atom. The number of imidazole rings is 1. The van der Waals surface area contributed by atoms with E-state index in [9.17, 15) is 4.39 Å². The lowest BCUT2D eigenvalue weighted by Crippen LogP contribution is -2.22. The molecule has 0 bridgehead atoms. The minimum atomic E-state index is -0.290. The lowest BCUT2D eigenvalue weighted by Gasteiger charge is -2.24.